The van der Waals surface area contributed by atoms with Gasteiger partial charge in [-0.3, -0.25) is 0 Å². The van der Waals surface area contributed by atoms with Crippen LogP contribution in [0.15, 0.2) is 0 Å². The Morgan fingerprint density at radius 2 is 1.75 bits per heavy atom. The van der Waals surface area contributed by atoms with Crippen molar-refractivity contribution in [1.29, 1.82) is 0 Å². The molecule has 1 saturated carbocycles. The van der Waals surface area contributed by atoms with Crippen LogP contribution in [0.3, 0.4) is 0 Å². The zero-order valence-corrected chi connectivity index (χ0v) is 14.0. The SMILES string of the molecule is CCCCCCC1CC2(CCC(C(C)(C)C)CC2)OO1. The summed E-state index contributed by atoms with van der Waals surface area (Å²) in [7, 11) is 0. The maximum absolute atomic E-state index is 5.81. The summed E-state index contributed by atoms with van der Waals surface area (Å²) in [5.41, 5.74) is 0.512. The Bertz CT molecular complexity index is 284. The van der Waals surface area contributed by atoms with Crippen LogP contribution in [0.4, 0.5) is 0 Å². The maximum atomic E-state index is 5.81. The van der Waals surface area contributed by atoms with Gasteiger partial charge in [0.2, 0.25) is 0 Å². The standard InChI is InChI=1S/C18H34O2/c1-5-6-7-8-9-16-14-18(20-19-16)12-10-15(11-13-18)17(2,3)4/h15-16H,5-14H2,1-4H3. The third-order valence-electron chi connectivity index (χ3n) is 5.46. The fourth-order valence-electron chi connectivity index (χ4n) is 3.90. The van der Waals surface area contributed by atoms with Crippen molar-refractivity contribution < 1.29 is 9.78 Å². The van der Waals surface area contributed by atoms with Crippen LogP contribution >= 0.6 is 0 Å². The molecule has 1 unspecified atom stereocenters. The largest absolute Gasteiger partial charge is 0.233 e. The molecule has 0 bridgehead atoms. The summed E-state index contributed by atoms with van der Waals surface area (Å²) in [4.78, 5) is 11.5. The van der Waals surface area contributed by atoms with E-state index in [1.807, 2.05) is 0 Å². The van der Waals surface area contributed by atoms with Crippen LogP contribution in [0.1, 0.15) is 91.9 Å². The Morgan fingerprint density at radius 1 is 1.05 bits per heavy atom. The van der Waals surface area contributed by atoms with E-state index in [0.29, 0.717) is 11.5 Å². The number of hydrogen-bond acceptors (Lipinski definition) is 2. The molecule has 0 N–H and O–H groups in total. The molecule has 1 atom stereocenters. The van der Waals surface area contributed by atoms with Crippen molar-refractivity contribution in [2.75, 3.05) is 0 Å². The molecule has 1 saturated heterocycles. The summed E-state index contributed by atoms with van der Waals surface area (Å²) >= 11 is 0. The lowest BCUT2D eigenvalue weighted by Gasteiger charge is -2.40. The lowest BCUT2D eigenvalue weighted by atomic mass is 9.67. The Labute approximate surface area is 125 Å². The monoisotopic (exact) mass is 282 g/mol. The number of unbranched alkanes of at least 4 members (excludes halogenated alkanes) is 3. The zero-order valence-electron chi connectivity index (χ0n) is 14.0. The van der Waals surface area contributed by atoms with Crippen molar-refractivity contribution in [3.05, 3.63) is 0 Å². The van der Waals surface area contributed by atoms with Gasteiger partial charge in [0.1, 0.15) is 5.60 Å². The summed E-state index contributed by atoms with van der Waals surface area (Å²) in [6, 6.07) is 0. The molecule has 0 aromatic heterocycles. The molecule has 0 radical (unpaired) electrons. The summed E-state index contributed by atoms with van der Waals surface area (Å²) in [5.74, 6) is 0.848. The Balaban J connectivity index is 1.73. The first-order valence-electron chi connectivity index (χ1n) is 8.80. The average Bonchev–Trinajstić information content (AvgIpc) is 2.77. The van der Waals surface area contributed by atoms with E-state index in [9.17, 15) is 0 Å². The van der Waals surface area contributed by atoms with Gasteiger partial charge in [-0.25, -0.2) is 9.78 Å². The van der Waals surface area contributed by atoms with Crippen molar-refractivity contribution >= 4 is 0 Å². The molecule has 2 heteroatoms. The zero-order chi connectivity index (χ0) is 14.6. The smallest absolute Gasteiger partial charge is 0.106 e. The molecule has 0 amide bonds. The predicted octanol–water partition coefficient (Wildman–Crippen LogP) is 5.65. The third-order valence-corrected chi connectivity index (χ3v) is 5.46. The number of rotatable bonds is 5. The molecule has 1 spiro atoms. The van der Waals surface area contributed by atoms with E-state index in [-0.39, 0.29) is 5.60 Å². The molecule has 1 aliphatic carbocycles. The lowest BCUT2D eigenvalue weighted by molar-refractivity contribution is -0.333. The van der Waals surface area contributed by atoms with Crippen molar-refractivity contribution in [2.45, 2.75) is 104 Å². The van der Waals surface area contributed by atoms with Crippen molar-refractivity contribution in [1.82, 2.24) is 0 Å². The molecule has 1 aliphatic heterocycles. The van der Waals surface area contributed by atoms with E-state index in [1.165, 1.54) is 57.8 Å². The van der Waals surface area contributed by atoms with Gasteiger partial charge in [-0.1, -0.05) is 53.4 Å². The average molecular weight is 282 g/mol. The van der Waals surface area contributed by atoms with E-state index in [4.69, 9.17) is 9.78 Å². The van der Waals surface area contributed by atoms with Crippen molar-refractivity contribution in [3.63, 3.8) is 0 Å². The van der Waals surface area contributed by atoms with Crippen LogP contribution in [0.5, 0.6) is 0 Å². The molecule has 0 aromatic carbocycles. The highest BCUT2D eigenvalue weighted by Crippen LogP contribution is 2.47. The van der Waals surface area contributed by atoms with E-state index < -0.39 is 0 Å². The van der Waals surface area contributed by atoms with Crippen LogP contribution < -0.4 is 0 Å². The van der Waals surface area contributed by atoms with Gasteiger partial charge in [0.15, 0.2) is 0 Å². The molecule has 2 nitrogen and oxygen atoms in total. The molecule has 2 aliphatic rings. The summed E-state index contributed by atoms with van der Waals surface area (Å²) in [6.45, 7) is 9.38. The van der Waals surface area contributed by atoms with Gasteiger partial charge >= 0.3 is 0 Å². The Kier molecular flexibility index (Phi) is 5.53. The Morgan fingerprint density at radius 3 is 2.35 bits per heavy atom. The molecule has 2 rings (SSSR count). The van der Waals surface area contributed by atoms with E-state index in [1.54, 1.807) is 0 Å². The third kappa shape index (κ3) is 4.21. The minimum absolute atomic E-state index is 0.0666. The molecule has 2 fully saturated rings. The molecule has 20 heavy (non-hydrogen) atoms. The first-order valence-corrected chi connectivity index (χ1v) is 8.80. The summed E-state index contributed by atoms with van der Waals surface area (Å²) in [6.07, 6.45) is 13.0. The molecule has 118 valence electrons. The normalized spacial score (nSPS) is 34.8. The van der Waals surface area contributed by atoms with Crippen LogP contribution in [0, 0.1) is 11.3 Å². The van der Waals surface area contributed by atoms with E-state index in [0.717, 1.165) is 12.3 Å². The van der Waals surface area contributed by atoms with Gasteiger partial charge in [-0.05, 0) is 43.4 Å². The van der Waals surface area contributed by atoms with Gasteiger partial charge in [-0.15, -0.1) is 0 Å². The minimum Gasteiger partial charge on any atom is -0.233 e. The fourth-order valence-corrected chi connectivity index (χ4v) is 3.90. The van der Waals surface area contributed by atoms with Crippen LogP contribution in [-0.2, 0) is 9.78 Å². The van der Waals surface area contributed by atoms with Gasteiger partial charge in [0.05, 0.1) is 6.10 Å². The Hall–Kier alpha value is -0.0800. The molecular formula is C18H34O2. The second kappa shape index (κ2) is 6.79. The first kappa shape index (κ1) is 16.3. The lowest BCUT2D eigenvalue weighted by Crippen LogP contribution is -2.37. The quantitative estimate of drug-likeness (QED) is 0.479. The van der Waals surface area contributed by atoms with Crippen LogP contribution in [-0.4, -0.2) is 11.7 Å². The highest BCUT2D eigenvalue weighted by molar-refractivity contribution is 4.93. The molecular weight excluding hydrogens is 248 g/mol. The van der Waals surface area contributed by atoms with E-state index >= 15 is 0 Å². The van der Waals surface area contributed by atoms with Gasteiger partial charge < -0.3 is 0 Å². The highest BCUT2D eigenvalue weighted by atomic mass is 17.2. The van der Waals surface area contributed by atoms with Crippen molar-refractivity contribution in [3.8, 4) is 0 Å². The molecule has 1 heterocycles. The van der Waals surface area contributed by atoms with Crippen LogP contribution in [0.25, 0.3) is 0 Å². The summed E-state index contributed by atoms with van der Waals surface area (Å²) in [5, 5.41) is 0. The van der Waals surface area contributed by atoms with Gasteiger partial charge in [0, 0.05) is 6.42 Å². The van der Waals surface area contributed by atoms with Gasteiger partial charge in [0.25, 0.3) is 0 Å². The van der Waals surface area contributed by atoms with Gasteiger partial charge in [-0.2, -0.15) is 0 Å². The topological polar surface area (TPSA) is 18.5 Å². The predicted molar refractivity (Wildman–Crippen MR) is 83.5 cm³/mol. The van der Waals surface area contributed by atoms with Crippen molar-refractivity contribution in [2.24, 2.45) is 11.3 Å². The summed E-state index contributed by atoms with van der Waals surface area (Å²) < 4.78 is 0. The number of hydrogen-bond donors (Lipinski definition) is 0. The van der Waals surface area contributed by atoms with E-state index in [2.05, 4.69) is 27.7 Å². The second-order valence-electron chi connectivity index (χ2n) is 8.18. The molecule has 0 aromatic rings. The maximum Gasteiger partial charge on any atom is 0.106 e. The fraction of sp³-hybridized carbons (Fsp3) is 1.00. The minimum atomic E-state index is 0.0666. The highest BCUT2D eigenvalue weighted by Gasteiger charge is 2.46. The second-order valence-corrected chi connectivity index (χ2v) is 8.18. The van der Waals surface area contributed by atoms with Crippen LogP contribution in [0.2, 0.25) is 0 Å². The first-order chi connectivity index (χ1) is 9.45.